The maximum absolute atomic E-state index is 10.2. The van der Waals surface area contributed by atoms with Crippen LogP contribution in [0.5, 0.6) is 0 Å². The summed E-state index contributed by atoms with van der Waals surface area (Å²) in [5.41, 5.74) is 0.843. The molecule has 0 radical (unpaired) electrons. The molecular weight excluding hydrogens is 388 g/mol. The van der Waals surface area contributed by atoms with Crippen molar-refractivity contribution in [2.75, 3.05) is 0 Å². The highest BCUT2D eigenvalue weighted by atomic mass is 16.4. The van der Waals surface area contributed by atoms with Gasteiger partial charge < -0.3 is 10.2 Å². The minimum atomic E-state index is -0.786. The minimum absolute atomic E-state index is 0. The Balaban J connectivity index is -0.000000165. The SMILES string of the molecule is C.C.CC.CC.CCC(=O)O.O=C(O)Cc1ccccc1.c1ccc2ccccc2c1. The summed E-state index contributed by atoms with van der Waals surface area (Å²) in [5.74, 6) is -1.53. The van der Waals surface area contributed by atoms with Crippen LogP contribution in [0.2, 0.25) is 0 Å². The highest BCUT2D eigenvalue weighted by molar-refractivity contribution is 5.82. The van der Waals surface area contributed by atoms with E-state index >= 15 is 0 Å². The first-order chi connectivity index (χ1) is 14.0. The van der Waals surface area contributed by atoms with Gasteiger partial charge in [-0.1, -0.05) is 128 Å². The molecule has 0 heterocycles. The Labute approximate surface area is 189 Å². The van der Waals surface area contributed by atoms with Crippen LogP contribution in [0.4, 0.5) is 0 Å². The van der Waals surface area contributed by atoms with Gasteiger partial charge in [-0.2, -0.15) is 0 Å². The Kier molecular flexibility index (Phi) is 28.4. The van der Waals surface area contributed by atoms with Gasteiger partial charge in [0.1, 0.15) is 0 Å². The van der Waals surface area contributed by atoms with E-state index in [-0.39, 0.29) is 27.7 Å². The number of carboxylic acid groups (broad SMARTS) is 2. The second-order valence-corrected chi connectivity index (χ2v) is 5.15. The Bertz CT molecular complexity index is 718. The van der Waals surface area contributed by atoms with E-state index in [1.165, 1.54) is 10.8 Å². The zero-order valence-corrected chi connectivity index (χ0v) is 18.1. The first kappa shape index (κ1) is 35.3. The summed E-state index contributed by atoms with van der Waals surface area (Å²) in [5, 5.41) is 18.7. The maximum Gasteiger partial charge on any atom is 0.307 e. The van der Waals surface area contributed by atoms with Crippen molar-refractivity contribution in [2.45, 2.75) is 62.3 Å². The molecule has 174 valence electrons. The number of fused-ring (bicyclic) bond motifs is 1. The van der Waals surface area contributed by atoms with E-state index in [0.717, 1.165) is 5.56 Å². The molecule has 0 fully saturated rings. The molecule has 0 saturated heterocycles. The summed E-state index contributed by atoms with van der Waals surface area (Å²) < 4.78 is 0. The van der Waals surface area contributed by atoms with Crippen molar-refractivity contribution in [1.29, 1.82) is 0 Å². The number of carboxylic acids is 2. The lowest BCUT2D eigenvalue weighted by atomic mass is 10.1. The molecule has 0 aliphatic heterocycles. The average molecular weight is 431 g/mol. The molecule has 0 bridgehead atoms. The van der Waals surface area contributed by atoms with Gasteiger partial charge in [0.05, 0.1) is 6.42 Å². The standard InChI is InChI=1S/C10H8.C8H8O2.C3H6O2.2C2H6.2CH4/c1-2-6-10-8-4-3-7-9(10)5-1;9-8(10)6-7-4-2-1-3-5-7;1-2-3(4)5;2*1-2;;/h1-8H;1-5H,6H2,(H,9,10);2H2,1H3,(H,4,5);2*1-2H3;2*1H4. The third kappa shape index (κ3) is 19.9. The van der Waals surface area contributed by atoms with Crippen LogP contribution in [0.3, 0.4) is 0 Å². The number of benzene rings is 3. The number of rotatable bonds is 3. The van der Waals surface area contributed by atoms with Gasteiger partial charge in [-0.05, 0) is 16.3 Å². The van der Waals surface area contributed by atoms with Crippen molar-refractivity contribution in [3.8, 4) is 0 Å². The molecule has 0 aliphatic rings. The van der Waals surface area contributed by atoms with Crippen LogP contribution in [0.1, 0.15) is 61.5 Å². The number of aliphatic carboxylic acids is 2. The molecule has 3 aromatic rings. The Morgan fingerprint density at radius 2 is 0.903 bits per heavy atom. The van der Waals surface area contributed by atoms with Gasteiger partial charge in [0.25, 0.3) is 0 Å². The molecule has 0 aliphatic carbocycles. The fourth-order valence-electron chi connectivity index (χ4n) is 1.90. The summed E-state index contributed by atoms with van der Waals surface area (Å²) in [4.78, 5) is 19.5. The summed E-state index contributed by atoms with van der Waals surface area (Å²) in [6, 6.07) is 25.8. The van der Waals surface area contributed by atoms with Crippen molar-refractivity contribution in [3.05, 3.63) is 84.4 Å². The number of hydrogen-bond donors (Lipinski definition) is 2. The molecule has 0 saturated carbocycles. The lowest BCUT2D eigenvalue weighted by molar-refractivity contribution is -0.137. The monoisotopic (exact) mass is 430 g/mol. The quantitative estimate of drug-likeness (QED) is 0.442. The van der Waals surface area contributed by atoms with Gasteiger partial charge in [0, 0.05) is 6.42 Å². The second-order valence-electron chi connectivity index (χ2n) is 5.15. The fraction of sp³-hybridized carbons (Fsp3) is 0.333. The van der Waals surface area contributed by atoms with E-state index in [9.17, 15) is 9.59 Å². The Hall–Kier alpha value is -3.14. The summed E-state index contributed by atoms with van der Waals surface area (Å²) in [6.45, 7) is 9.60. The molecule has 4 nitrogen and oxygen atoms in total. The zero-order valence-electron chi connectivity index (χ0n) is 18.1. The summed E-state index contributed by atoms with van der Waals surface area (Å²) in [7, 11) is 0. The first-order valence-corrected chi connectivity index (χ1v) is 9.94. The molecule has 3 rings (SSSR count). The lowest BCUT2D eigenvalue weighted by Gasteiger charge is -1.92. The maximum atomic E-state index is 10.2. The largest absolute Gasteiger partial charge is 0.481 e. The molecular formula is C27H42O4. The fourth-order valence-corrected chi connectivity index (χ4v) is 1.90. The van der Waals surface area contributed by atoms with Gasteiger partial charge in [-0.25, -0.2) is 0 Å². The molecule has 0 aromatic heterocycles. The van der Waals surface area contributed by atoms with Crippen LogP contribution in [-0.2, 0) is 16.0 Å². The third-order valence-electron chi connectivity index (χ3n) is 3.16. The minimum Gasteiger partial charge on any atom is -0.481 e. The molecule has 31 heavy (non-hydrogen) atoms. The third-order valence-corrected chi connectivity index (χ3v) is 3.16. The smallest absolute Gasteiger partial charge is 0.307 e. The van der Waals surface area contributed by atoms with E-state index in [1.807, 2.05) is 45.9 Å². The van der Waals surface area contributed by atoms with Crippen LogP contribution in [0.25, 0.3) is 10.8 Å². The Morgan fingerprint density at radius 1 is 0.613 bits per heavy atom. The Morgan fingerprint density at radius 3 is 1.16 bits per heavy atom. The van der Waals surface area contributed by atoms with Crippen LogP contribution < -0.4 is 0 Å². The molecule has 0 unspecified atom stereocenters. The molecule has 3 aromatic carbocycles. The molecule has 0 amide bonds. The van der Waals surface area contributed by atoms with Crippen molar-refractivity contribution >= 4 is 22.7 Å². The van der Waals surface area contributed by atoms with Gasteiger partial charge in [-0.15, -0.1) is 0 Å². The van der Waals surface area contributed by atoms with E-state index in [4.69, 9.17) is 10.2 Å². The van der Waals surface area contributed by atoms with E-state index in [2.05, 4.69) is 48.5 Å². The highest BCUT2D eigenvalue weighted by Gasteiger charge is 1.96. The first-order valence-electron chi connectivity index (χ1n) is 9.94. The zero-order chi connectivity index (χ0) is 22.5. The van der Waals surface area contributed by atoms with Crippen molar-refractivity contribution in [1.82, 2.24) is 0 Å². The number of hydrogen-bond acceptors (Lipinski definition) is 2. The van der Waals surface area contributed by atoms with Crippen LogP contribution in [0, 0.1) is 0 Å². The second kappa shape index (κ2) is 24.9. The average Bonchev–Trinajstić information content (AvgIpc) is 2.78. The van der Waals surface area contributed by atoms with E-state index in [1.54, 1.807) is 19.1 Å². The molecule has 0 spiro atoms. The summed E-state index contributed by atoms with van der Waals surface area (Å²) in [6.07, 6.45) is 0.334. The topological polar surface area (TPSA) is 74.6 Å². The summed E-state index contributed by atoms with van der Waals surface area (Å²) >= 11 is 0. The predicted molar refractivity (Wildman–Crippen MR) is 136 cm³/mol. The van der Waals surface area contributed by atoms with Crippen molar-refractivity contribution < 1.29 is 19.8 Å². The van der Waals surface area contributed by atoms with E-state index in [0.29, 0.717) is 0 Å². The normalized spacial score (nSPS) is 7.77. The van der Waals surface area contributed by atoms with Gasteiger partial charge >= 0.3 is 11.9 Å². The van der Waals surface area contributed by atoms with Crippen molar-refractivity contribution in [2.24, 2.45) is 0 Å². The molecule has 0 atom stereocenters. The van der Waals surface area contributed by atoms with Crippen LogP contribution in [0.15, 0.2) is 78.9 Å². The van der Waals surface area contributed by atoms with Gasteiger partial charge in [0.2, 0.25) is 0 Å². The van der Waals surface area contributed by atoms with Crippen molar-refractivity contribution in [3.63, 3.8) is 0 Å². The van der Waals surface area contributed by atoms with Crippen LogP contribution >= 0.6 is 0 Å². The lowest BCUT2D eigenvalue weighted by Crippen LogP contribution is -1.98. The number of carbonyl (C=O) groups is 2. The van der Waals surface area contributed by atoms with Crippen LogP contribution in [-0.4, -0.2) is 22.2 Å². The van der Waals surface area contributed by atoms with E-state index < -0.39 is 11.9 Å². The van der Waals surface area contributed by atoms with Gasteiger partial charge in [0.15, 0.2) is 0 Å². The van der Waals surface area contributed by atoms with Gasteiger partial charge in [-0.3, -0.25) is 9.59 Å². The molecule has 4 heteroatoms. The highest BCUT2D eigenvalue weighted by Crippen LogP contribution is 2.11. The predicted octanol–water partition coefficient (Wildman–Crippen LogP) is 7.96. The molecule has 2 N–H and O–H groups in total.